The molecule has 2 aromatic rings. The van der Waals surface area contributed by atoms with E-state index in [9.17, 15) is 9.59 Å². The molecule has 0 aliphatic rings. The molecule has 0 fully saturated rings. The van der Waals surface area contributed by atoms with Crippen LogP contribution in [0.5, 0.6) is 0 Å². The molecule has 0 saturated heterocycles. The minimum atomic E-state index is -0.172. The van der Waals surface area contributed by atoms with E-state index in [1.807, 2.05) is 25.1 Å². The molecule has 0 aromatic carbocycles. The van der Waals surface area contributed by atoms with Gasteiger partial charge in [0.15, 0.2) is 11.6 Å². The van der Waals surface area contributed by atoms with Crippen molar-refractivity contribution in [1.29, 1.82) is 0 Å². The Morgan fingerprint density at radius 1 is 1.25 bits per heavy atom. The highest BCUT2D eigenvalue weighted by Gasteiger charge is 2.21. The SMILES string of the molecule is CCC(=O)CC(=O)c1c(C)nn(-c2ccccn2)c1C. The number of aryl methyl sites for hydroxylation is 1. The average Bonchev–Trinajstić information content (AvgIpc) is 2.74. The van der Waals surface area contributed by atoms with Crippen LogP contribution in [-0.2, 0) is 4.79 Å². The van der Waals surface area contributed by atoms with Crippen LogP contribution >= 0.6 is 0 Å². The molecule has 0 saturated carbocycles. The summed E-state index contributed by atoms with van der Waals surface area (Å²) >= 11 is 0. The highest BCUT2D eigenvalue weighted by atomic mass is 16.1. The second-order valence-electron chi connectivity index (χ2n) is 4.64. The molecule has 2 heterocycles. The maximum absolute atomic E-state index is 12.2. The summed E-state index contributed by atoms with van der Waals surface area (Å²) in [6, 6.07) is 5.51. The lowest BCUT2D eigenvalue weighted by Gasteiger charge is -2.03. The number of pyridine rings is 1. The van der Waals surface area contributed by atoms with Gasteiger partial charge >= 0.3 is 0 Å². The Kier molecular flexibility index (Phi) is 4.08. The average molecular weight is 271 g/mol. The number of rotatable bonds is 5. The number of Topliss-reactive ketones (excluding diaryl/α,β-unsaturated/α-hetero) is 2. The third-order valence-electron chi connectivity index (χ3n) is 3.19. The number of nitrogens with zero attached hydrogens (tertiary/aromatic N) is 3. The molecule has 0 amide bonds. The van der Waals surface area contributed by atoms with Gasteiger partial charge in [-0.2, -0.15) is 5.10 Å². The third kappa shape index (κ3) is 2.66. The number of hydrogen-bond acceptors (Lipinski definition) is 4. The minimum absolute atomic E-state index is 0.0561. The summed E-state index contributed by atoms with van der Waals surface area (Å²) in [7, 11) is 0. The van der Waals surface area contributed by atoms with E-state index in [1.54, 1.807) is 24.7 Å². The van der Waals surface area contributed by atoms with E-state index in [2.05, 4.69) is 10.1 Å². The Hall–Kier alpha value is -2.30. The summed E-state index contributed by atoms with van der Waals surface area (Å²) in [5, 5.41) is 4.36. The van der Waals surface area contributed by atoms with Crippen molar-refractivity contribution < 1.29 is 9.59 Å². The predicted octanol–water partition coefficient (Wildman–Crippen LogP) is 2.44. The van der Waals surface area contributed by atoms with Crippen molar-refractivity contribution in [2.45, 2.75) is 33.6 Å². The highest BCUT2D eigenvalue weighted by molar-refractivity contribution is 6.09. The topological polar surface area (TPSA) is 64.8 Å². The number of ketones is 2. The minimum Gasteiger partial charge on any atom is -0.299 e. The van der Waals surface area contributed by atoms with Crippen molar-refractivity contribution in [2.24, 2.45) is 0 Å². The Balaban J connectivity index is 2.39. The van der Waals surface area contributed by atoms with Crippen LogP contribution in [0.3, 0.4) is 0 Å². The molecule has 5 nitrogen and oxygen atoms in total. The lowest BCUT2D eigenvalue weighted by molar-refractivity contribution is -0.117. The summed E-state index contributed by atoms with van der Waals surface area (Å²) in [4.78, 5) is 27.9. The smallest absolute Gasteiger partial charge is 0.173 e. The summed E-state index contributed by atoms with van der Waals surface area (Å²) in [6.07, 6.45) is 1.98. The van der Waals surface area contributed by atoms with Gasteiger partial charge in [0.25, 0.3) is 0 Å². The van der Waals surface area contributed by atoms with Crippen molar-refractivity contribution in [2.75, 3.05) is 0 Å². The molecule has 0 atom stereocenters. The number of carbonyl (C=O) groups excluding carboxylic acids is 2. The lowest BCUT2D eigenvalue weighted by Crippen LogP contribution is -2.09. The van der Waals surface area contributed by atoms with Gasteiger partial charge in [0.2, 0.25) is 0 Å². The highest BCUT2D eigenvalue weighted by Crippen LogP contribution is 2.18. The standard InChI is InChI=1S/C15H17N3O2/c1-4-12(19)9-13(20)15-10(2)17-18(11(15)3)14-7-5-6-8-16-14/h5-8H,4,9H2,1-3H3. The van der Waals surface area contributed by atoms with E-state index in [1.165, 1.54) is 0 Å². The Bertz CT molecular complexity index is 645. The molecule has 0 aliphatic carbocycles. The summed E-state index contributed by atoms with van der Waals surface area (Å²) < 4.78 is 1.64. The monoisotopic (exact) mass is 271 g/mol. The van der Waals surface area contributed by atoms with E-state index in [0.717, 1.165) is 5.69 Å². The zero-order valence-corrected chi connectivity index (χ0v) is 11.9. The fraction of sp³-hybridized carbons (Fsp3) is 0.333. The van der Waals surface area contributed by atoms with Crippen LogP contribution in [0, 0.1) is 13.8 Å². The third-order valence-corrected chi connectivity index (χ3v) is 3.19. The molecule has 2 aromatic heterocycles. The second kappa shape index (κ2) is 5.77. The van der Waals surface area contributed by atoms with Crippen LogP contribution in [0.4, 0.5) is 0 Å². The van der Waals surface area contributed by atoms with Gasteiger partial charge in [-0.3, -0.25) is 9.59 Å². The molecule has 104 valence electrons. The molecule has 20 heavy (non-hydrogen) atoms. The van der Waals surface area contributed by atoms with Gasteiger partial charge < -0.3 is 0 Å². The second-order valence-corrected chi connectivity index (χ2v) is 4.64. The maximum Gasteiger partial charge on any atom is 0.173 e. The van der Waals surface area contributed by atoms with E-state index in [-0.39, 0.29) is 18.0 Å². The van der Waals surface area contributed by atoms with Gasteiger partial charge in [0.05, 0.1) is 23.4 Å². The first-order valence-electron chi connectivity index (χ1n) is 6.57. The van der Waals surface area contributed by atoms with Gasteiger partial charge in [-0.25, -0.2) is 9.67 Å². The fourth-order valence-corrected chi connectivity index (χ4v) is 2.14. The number of hydrogen-bond donors (Lipinski definition) is 0. The van der Waals surface area contributed by atoms with Crippen LogP contribution in [-0.4, -0.2) is 26.3 Å². The van der Waals surface area contributed by atoms with Gasteiger partial charge in [-0.05, 0) is 26.0 Å². The Labute approximate surface area is 117 Å². The van der Waals surface area contributed by atoms with E-state index in [0.29, 0.717) is 23.5 Å². The van der Waals surface area contributed by atoms with Crippen molar-refractivity contribution >= 4 is 11.6 Å². The maximum atomic E-state index is 12.2. The zero-order valence-electron chi connectivity index (χ0n) is 11.9. The normalized spacial score (nSPS) is 10.6. The van der Waals surface area contributed by atoms with Crippen molar-refractivity contribution in [1.82, 2.24) is 14.8 Å². The molecule has 0 N–H and O–H groups in total. The summed E-state index contributed by atoms with van der Waals surface area (Å²) in [5.41, 5.74) is 1.87. The van der Waals surface area contributed by atoms with Crippen LogP contribution in [0.2, 0.25) is 0 Å². The van der Waals surface area contributed by atoms with Crippen molar-refractivity contribution in [3.8, 4) is 5.82 Å². The Morgan fingerprint density at radius 3 is 2.60 bits per heavy atom. The molecule has 0 spiro atoms. The van der Waals surface area contributed by atoms with Crippen LogP contribution in [0.25, 0.3) is 5.82 Å². The summed E-state index contributed by atoms with van der Waals surface area (Å²) in [6.45, 7) is 5.35. The molecular weight excluding hydrogens is 254 g/mol. The molecule has 0 radical (unpaired) electrons. The first kappa shape index (κ1) is 14.1. The summed E-state index contributed by atoms with van der Waals surface area (Å²) in [5.74, 6) is 0.433. The zero-order chi connectivity index (χ0) is 14.7. The first-order chi connectivity index (χ1) is 9.54. The molecular formula is C15H17N3O2. The van der Waals surface area contributed by atoms with Crippen LogP contribution in [0.1, 0.15) is 41.5 Å². The predicted molar refractivity (Wildman–Crippen MR) is 75.1 cm³/mol. The van der Waals surface area contributed by atoms with Gasteiger partial charge in [0.1, 0.15) is 5.78 Å². The molecule has 5 heteroatoms. The lowest BCUT2D eigenvalue weighted by atomic mass is 10.0. The molecule has 0 aliphatic heterocycles. The molecule has 2 rings (SSSR count). The Morgan fingerprint density at radius 2 is 2.00 bits per heavy atom. The largest absolute Gasteiger partial charge is 0.299 e. The molecule has 0 bridgehead atoms. The van der Waals surface area contributed by atoms with Crippen LogP contribution < -0.4 is 0 Å². The fourth-order valence-electron chi connectivity index (χ4n) is 2.14. The quantitative estimate of drug-likeness (QED) is 0.619. The van der Waals surface area contributed by atoms with Crippen molar-refractivity contribution in [3.63, 3.8) is 0 Å². The van der Waals surface area contributed by atoms with Crippen LogP contribution in [0.15, 0.2) is 24.4 Å². The first-order valence-corrected chi connectivity index (χ1v) is 6.57. The van der Waals surface area contributed by atoms with E-state index in [4.69, 9.17) is 0 Å². The number of aromatic nitrogens is 3. The van der Waals surface area contributed by atoms with Gasteiger partial charge in [0, 0.05) is 12.6 Å². The number of carbonyl (C=O) groups is 2. The molecule has 0 unspecified atom stereocenters. The van der Waals surface area contributed by atoms with E-state index < -0.39 is 0 Å². The van der Waals surface area contributed by atoms with Gasteiger partial charge in [-0.1, -0.05) is 13.0 Å². The van der Waals surface area contributed by atoms with E-state index >= 15 is 0 Å². The van der Waals surface area contributed by atoms with Crippen molar-refractivity contribution in [3.05, 3.63) is 41.3 Å². The van der Waals surface area contributed by atoms with Gasteiger partial charge in [-0.15, -0.1) is 0 Å².